The highest BCUT2D eigenvalue weighted by Gasteiger charge is 2.55. The molecule has 2 aromatic rings. The molecule has 1 aliphatic carbocycles. The lowest BCUT2D eigenvalue weighted by atomic mass is 10.1. The Balaban J connectivity index is 1.23. The number of anilines is 1. The topological polar surface area (TPSA) is 90.4 Å². The molecule has 1 aliphatic heterocycles. The van der Waals surface area contributed by atoms with Crippen LogP contribution in [0.3, 0.4) is 0 Å². The van der Waals surface area contributed by atoms with Crippen LogP contribution in [0, 0.1) is 11.8 Å². The average molecular weight is 381 g/mol. The molecule has 2 fully saturated rings. The van der Waals surface area contributed by atoms with Crippen molar-refractivity contribution in [2.75, 3.05) is 18.0 Å². The number of benzene rings is 1. The van der Waals surface area contributed by atoms with Gasteiger partial charge in [0.25, 0.3) is 5.91 Å². The molecule has 2 heterocycles. The number of carbonyl (C=O) groups excluding carboxylic acids is 1. The van der Waals surface area contributed by atoms with Gasteiger partial charge in [-0.15, -0.1) is 0 Å². The van der Waals surface area contributed by atoms with Crippen LogP contribution < -0.4 is 15.7 Å². The standard InChI is InChI=1S/C21H27N5O2/c1-2-3-4-14-5-7-15(8-6-14)9-22-19-17-12-26(13-18(17)19)21-23-10-16(11-24-21)20(27)25-28/h5-8,10-11,17-19,22,28H,2-4,9,12-13H2,1H3,(H,25,27). The average Bonchev–Trinajstić information content (AvgIpc) is 3.19. The zero-order valence-corrected chi connectivity index (χ0v) is 16.1. The highest BCUT2D eigenvalue weighted by atomic mass is 16.5. The first kappa shape index (κ1) is 18.8. The molecule has 7 heteroatoms. The van der Waals surface area contributed by atoms with E-state index in [0.29, 0.717) is 23.8 Å². The first-order chi connectivity index (χ1) is 13.7. The fraction of sp³-hybridized carbons (Fsp3) is 0.476. The van der Waals surface area contributed by atoms with Crippen molar-refractivity contribution in [2.24, 2.45) is 11.8 Å². The maximum Gasteiger partial charge on any atom is 0.277 e. The van der Waals surface area contributed by atoms with Crippen molar-refractivity contribution >= 4 is 11.9 Å². The highest BCUT2D eigenvalue weighted by Crippen LogP contribution is 2.46. The van der Waals surface area contributed by atoms with Gasteiger partial charge >= 0.3 is 0 Å². The van der Waals surface area contributed by atoms with Gasteiger partial charge in [-0.05, 0) is 35.8 Å². The molecule has 4 rings (SSSR count). The monoisotopic (exact) mass is 381 g/mol. The predicted molar refractivity (Wildman–Crippen MR) is 106 cm³/mol. The van der Waals surface area contributed by atoms with Crippen molar-refractivity contribution in [3.05, 3.63) is 53.3 Å². The summed E-state index contributed by atoms with van der Waals surface area (Å²) in [6.07, 6.45) is 6.54. The van der Waals surface area contributed by atoms with Crippen LogP contribution in [0.5, 0.6) is 0 Å². The first-order valence-corrected chi connectivity index (χ1v) is 10.0. The van der Waals surface area contributed by atoms with Crippen LogP contribution in [-0.4, -0.2) is 40.2 Å². The Labute approximate surface area is 165 Å². The molecule has 1 amide bonds. The maximum absolute atomic E-state index is 11.3. The maximum atomic E-state index is 11.3. The fourth-order valence-corrected chi connectivity index (χ4v) is 4.10. The Morgan fingerprint density at radius 1 is 1.14 bits per heavy atom. The number of piperidine rings is 1. The van der Waals surface area contributed by atoms with Gasteiger partial charge in [0, 0.05) is 38.1 Å². The van der Waals surface area contributed by atoms with Crippen molar-refractivity contribution in [1.82, 2.24) is 20.8 Å². The summed E-state index contributed by atoms with van der Waals surface area (Å²) in [5.74, 6) is 1.31. The number of nitrogens with one attached hydrogen (secondary N) is 2. The first-order valence-electron chi connectivity index (χ1n) is 10.0. The zero-order chi connectivity index (χ0) is 19.5. The van der Waals surface area contributed by atoms with Crippen LogP contribution in [0.1, 0.15) is 41.3 Å². The van der Waals surface area contributed by atoms with Crippen molar-refractivity contribution in [1.29, 1.82) is 0 Å². The minimum atomic E-state index is -0.599. The van der Waals surface area contributed by atoms with Gasteiger partial charge in [0.05, 0.1) is 5.56 Å². The van der Waals surface area contributed by atoms with Gasteiger partial charge in [-0.25, -0.2) is 15.4 Å². The van der Waals surface area contributed by atoms with Gasteiger partial charge in [0.1, 0.15) is 0 Å². The molecule has 148 valence electrons. The number of amides is 1. The quantitative estimate of drug-likeness (QED) is 0.480. The number of fused-ring (bicyclic) bond motifs is 1. The Morgan fingerprint density at radius 2 is 1.79 bits per heavy atom. The van der Waals surface area contributed by atoms with Gasteiger partial charge in [-0.1, -0.05) is 37.6 Å². The molecule has 1 aromatic heterocycles. The summed E-state index contributed by atoms with van der Waals surface area (Å²) in [6, 6.07) is 9.54. The van der Waals surface area contributed by atoms with E-state index in [-0.39, 0.29) is 5.56 Å². The molecular formula is C21H27N5O2. The Hall–Kier alpha value is -2.51. The second-order valence-corrected chi connectivity index (χ2v) is 7.77. The molecule has 2 aliphatic rings. The Morgan fingerprint density at radius 3 is 2.39 bits per heavy atom. The van der Waals surface area contributed by atoms with E-state index < -0.39 is 5.91 Å². The number of hydroxylamine groups is 1. The van der Waals surface area contributed by atoms with Gasteiger partial charge < -0.3 is 10.2 Å². The summed E-state index contributed by atoms with van der Waals surface area (Å²) in [7, 11) is 0. The lowest BCUT2D eigenvalue weighted by molar-refractivity contribution is 0.0705. The number of aromatic nitrogens is 2. The Bertz CT molecular complexity index is 797. The van der Waals surface area contributed by atoms with Gasteiger partial charge in [-0.2, -0.15) is 0 Å². The predicted octanol–water partition coefficient (Wildman–Crippen LogP) is 2.16. The van der Waals surface area contributed by atoms with E-state index >= 15 is 0 Å². The number of carbonyl (C=O) groups is 1. The van der Waals surface area contributed by atoms with Gasteiger partial charge in [-0.3, -0.25) is 10.0 Å². The fourth-order valence-electron chi connectivity index (χ4n) is 4.10. The molecule has 3 N–H and O–H groups in total. The molecule has 0 spiro atoms. The molecule has 28 heavy (non-hydrogen) atoms. The van der Waals surface area contributed by atoms with Crippen molar-refractivity contribution in [2.45, 2.75) is 38.8 Å². The summed E-state index contributed by atoms with van der Waals surface area (Å²) in [4.78, 5) is 22.0. The lowest BCUT2D eigenvalue weighted by Crippen LogP contribution is -2.32. The third kappa shape index (κ3) is 4.00. The van der Waals surface area contributed by atoms with Crippen LogP contribution in [0.25, 0.3) is 0 Å². The van der Waals surface area contributed by atoms with Gasteiger partial charge in [0.15, 0.2) is 0 Å². The molecule has 7 nitrogen and oxygen atoms in total. The number of aryl methyl sites for hydroxylation is 1. The number of unbranched alkanes of at least 4 members (excludes halogenated alkanes) is 1. The van der Waals surface area contributed by atoms with Crippen LogP contribution in [0.2, 0.25) is 0 Å². The summed E-state index contributed by atoms with van der Waals surface area (Å²) >= 11 is 0. The summed E-state index contributed by atoms with van der Waals surface area (Å²) in [5.41, 5.74) is 4.59. The SMILES string of the molecule is CCCCc1ccc(CNC2C3CN(c4ncc(C(=O)NO)cn4)CC32)cc1. The van der Waals surface area contributed by atoms with E-state index in [1.54, 1.807) is 5.48 Å². The highest BCUT2D eigenvalue weighted by molar-refractivity contribution is 5.92. The molecule has 2 unspecified atom stereocenters. The Kier molecular flexibility index (Phi) is 5.54. The minimum Gasteiger partial charge on any atom is -0.340 e. The molecule has 1 aromatic carbocycles. The minimum absolute atomic E-state index is 0.246. The number of hydrogen-bond acceptors (Lipinski definition) is 6. The van der Waals surface area contributed by atoms with E-state index in [1.165, 1.54) is 42.8 Å². The van der Waals surface area contributed by atoms with E-state index in [0.717, 1.165) is 19.6 Å². The van der Waals surface area contributed by atoms with E-state index in [1.807, 2.05) is 0 Å². The van der Waals surface area contributed by atoms with Crippen molar-refractivity contribution < 1.29 is 10.0 Å². The second-order valence-electron chi connectivity index (χ2n) is 7.77. The van der Waals surface area contributed by atoms with Crippen molar-refractivity contribution in [3.63, 3.8) is 0 Å². The van der Waals surface area contributed by atoms with Gasteiger partial charge in [0.2, 0.25) is 5.95 Å². The summed E-state index contributed by atoms with van der Waals surface area (Å²) in [6.45, 7) is 5.00. The summed E-state index contributed by atoms with van der Waals surface area (Å²) < 4.78 is 0. The molecular weight excluding hydrogens is 354 g/mol. The number of hydrogen-bond donors (Lipinski definition) is 3. The van der Waals surface area contributed by atoms with E-state index in [4.69, 9.17) is 5.21 Å². The molecule has 2 atom stereocenters. The third-order valence-electron chi connectivity index (χ3n) is 5.86. The largest absolute Gasteiger partial charge is 0.340 e. The lowest BCUT2D eigenvalue weighted by Gasteiger charge is -2.20. The van der Waals surface area contributed by atoms with E-state index in [2.05, 4.69) is 51.4 Å². The summed E-state index contributed by atoms with van der Waals surface area (Å²) in [5, 5.41) is 12.3. The van der Waals surface area contributed by atoms with Crippen LogP contribution in [0.15, 0.2) is 36.7 Å². The number of nitrogens with zero attached hydrogens (tertiary/aromatic N) is 3. The van der Waals surface area contributed by atoms with Crippen molar-refractivity contribution in [3.8, 4) is 0 Å². The molecule has 1 saturated heterocycles. The molecule has 1 saturated carbocycles. The zero-order valence-electron chi connectivity index (χ0n) is 16.1. The second kappa shape index (κ2) is 8.24. The number of rotatable bonds is 8. The smallest absolute Gasteiger partial charge is 0.277 e. The van der Waals surface area contributed by atoms with E-state index in [9.17, 15) is 4.79 Å². The normalized spacial score (nSPS) is 22.8. The van der Waals surface area contributed by atoms with Crippen LogP contribution in [0.4, 0.5) is 5.95 Å². The third-order valence-corrected chi connectivity index (χ3v) is 5.86. The molecule has 0 radical (unpaired) electrons. The van der Waals surface area contributed by atoms with Crippen LogP contribution in [-0.2, 0) is 13.0 Å². The van der Waals surface area contributed by atoms with Crippen LogP contribution >= 0.6 is 0 Å². The molecule has 0 bridgehead atoms.